The van der Waals surface area contributed by atoms with Gasteiger partial charge in [-0.3, -0.25) is 0 Å². The topological polar surface area (TPSA) is 16.4 Å². The number of benzene rings is 8. The van der Waals surface area contributed by atoms with Crippen LogP contribution in [0.1, 0.15) is 23.6 Å². The number of hydrogen-bond donors (Lipinski definition) is 0. The zero-order valence-electron chi connectivity index (χ0n) is 27.7. The molecule has 236 valence electrons. The van der Waals surface area contributed by atoms with E-state index in [1.54, 1.807) is 0 Å². The van der Waals surface area contributed by atoms with Crippen LogP contribution >= 0.6 is 0 Å². The Labute approximate surface area is 291 Å². The summed E-state index contributed by atoms with van der Waals surface area (Å²) < 4.78 is 6.81. The van der Waals surface area contributed by atoms with E-state index in [0.717, 1.165) is 33.6 Å². The quantitative estimate of drug-likeness (QED) is 0.186. The van der Waals surface area contributed by atoms with Gasteiger partial charge in [-0.25, -0.2) is 0 Å². The molecule has 0 bridgehead atoms. The average molecular weight is 640 g/mol. The Hall–Kier alpha value is -6.38. The molecule has 0 fully saturated rings. The number of hydrogen-bond acceptors (Lipinski definition) is 2. The van der Waals surface area contributed by atoms with Crippen molar-refractivity contribution in [1.82, 2.24) is 0 Å². The van der Waals surface area contributed by atoms with Gasteiger partial charge in [0.15, 0.2) is 0 Å². The summed E-state index contributed by atoms with van der Waals surface area (Å²) >= 11 is 0. The summed E-state index contributed by atoms with van der Waals surface area (Å²) in [6.45, 7) is 2.40. The Bertz CT molecular complexity index is 2700. The average Bonchev–Trinajstić information content (AvgIpc) is 3.69. The first kappa shape index (κ1) is 28.6. The van der Waals surface area contributed by atoms with Crippen molar-refractivity contribution in [2.45, 2.75) is 12.3 Å². The Morgan fingerprint density at radius 1 is 0.500 bits per heavy atom. The smallest absolute Gasteiger partial charge is 0.137 e. The van der Waals surface area contributed by atoms with Gasteiger partial charge >= 0.3 is 0 Å². The zero-order valence-corrected chi connectivity index (χ0v) is 27.7. The van der Waals surface area contributed by atoms with Gasteiger partial charge in [0.1, 0.15) is 11.2 Å². The number of fused-ring (bicyclic) bond motifs is 8. The summed E-state index contributed by atoms with van der Waals surface area (Å²) in [6.07, 6.45) is 0. The largest absolute Gasteiger partial charge is 0.456 e. The first-order valence-corrected chi connectivity index (χ1v) is 17.3. The third-order valence-corrected chi connectivity index (χ3v) is 10.7. The minimum absolute atomic E-state index is 0.421. The van der Waals surface area contributed by atoms with Gasteiger partial charge in [-0.2, -0.15) is 0 Å². The standard InChI is InChI=1S/C48H33NO/c1-48(35-19-6-3-7-20-35)40-24-12-10-22-38(40)45-42(31-44-46(47(45)48)39-23-11-13-26-43(39)50-44)49(41-25-14-18-34-17-8-9-21-37(34)41)36-29-27-33(28-30-36)32-15-4-2-5-16-32/h2-31H,1H3. The van der Waals surface area contributed by atoms with Crippen molar-refractivity contribution in [1.29, 1.82) is 0 Å². The van der Waals surface area contributed by atoms with E-state index in [1.807, 2.05) is 0 Å². The van der Waals surface area contributed by atoms with E-state index >= 15 is 0 Å². The van der Waals surface area contributed by atoms with Crippen LogP contribution in [0.2, 0.25) is 0 Å². The molecule has 0 spiro atoms. The second-order valence-electron chi connectivity index (χ2n) is 13.4. The molecular formula is C48H33NO. The second kappa shape index (κ2) is 11.1. The molecule has 0 aliphatic heterocycles. The van der Waals surface area contributed by atoms with Crippen molar-refractivity contribution in [3.8, 4) is 22.3 Å². The molecule has 0 radical (unpaired) electrons. The van der Waals surface area contributed by atoms with Crippen molar-refractivity contribution in [3.05, 3.63) is 199 Å². The molecule has 50 heavy (non-hydrogen) atoms. The summed E-state index contributed by atoms with van der Waals surface area (Å²) in [5.41, 5.74) is 13.4. The molecule has 0 saturated carbocycles. The van der Waals surface area contributed by atoms with Gasteiger partial charge in [0.25, 0.3) is 0 Å². The molecule has 1 aliphatic rings. The Kier molecular flexibility index (Phi) is 6.34. The van der Waals surface area contributed by atoms with E-state index in [4.69, 9.17) is 4.42 Å². The summed E-state index contributed by atoms with van der Waals surface area (Å²) in [7, 11) is 0. The lowest BCUT2D eigenvalue weighted by Crippen LogP contribution is -2.23. The van der Waals surface area contributed by atoms with Gasteiger partial charge in [0.2, 0.25) is 0 Å². The van der Waals surface area contributed by atoms with Crippen LogP contribution in [0.3, 0.4) is 0 Å². The SMILES string of the molecule is CC1(c2ccccc2)c2ccccc2-c2c(N(c3ccc(-c4ccccc4)cc3)c3cccc4ccccc34)cc3oc4ccccc4c3c21. The minimum Gasteiger partial charge on any atom is -0.456 e. The highest BCUT2D eigenvalue weighted by Crippen LogP contribution is 2.60. The van der Waals surface area contributed by atoms with E-state index < -0.39 is 5.41 Å². The van der Waals surface area contributed by atoms with Crippen molar-refractivity contribution in [3.63, 3.8) is 0 Å². The molecular weight excluding hydrogens is 607 g/mol. The highest BCUT2D eigenvalue weighted by molar-refractivity contribution is 6.15. The van der Waals surface area contributed by atoms with Crippen LogP contribution in [0.25, 0.3) is 55.0 Å². The predicted octanol–water partition coefficient (Wildman–Crippen LogP) is 13.2. The summed E-state index contributed by atoms with van der Waals surface area (Å²) in [6, 6.07) is 65.6. The van der Waals surface area contributed by atoms with E-state index in [-0.39, 0.29) is 0 Å². The maximum Gasteiger partial charge on any atom is 0.137 e. The molecule has 10 rings (SSSR count). The molecule has 1 atom stereocenters. The fraction of sp³-hybridized carbons (Fsp3) is 0.0417. The lowest BCUT2D eigenvalue weighted by Gasteiger charge is -2.31. The van der Waals surface area contributed by atoms with Crippen LogP contribution in [-0.2, 0) is 5.41 Å². The van der Waals surface area contributed by atoms with Gasteiger partial charge in [0, 0.05) is 38.9 Å². The van der Waals surface area contributed by atoms with E-state index in [9.17, 15) is 0 Å². The third-order valence-electron chi connectivity index (χ3n) is 10.7. The van der Waals surface area contributed by atoms with Gasteiger partial charge in [-0.15, -0.1) is 0 Å². The van der Waals surface area contributed by atoms with Gasteiger partial charge in [-0.1, -0.05) is 152 Å². The summed E-state index contributed by atoms with van der Waals surface area (Å²) in [5, 5.41) is 4.72. The fourth-order valence-electron chi connectivity index (χ4n) is 8.41. The number of para-hydroxylation sites is 1. The molecule has 1 heterocycles. The molecule has 2 heteroatoms. The molecule has 9 aromatic rings. The Balaban J connectivity index is 1.35. The molecule has 8 aromatic carbocycles. The van der Waals surface area contributed by atoms with Crippen LogP contribution in [0.4, 0.5) is 17.1 Å². The highest BCUT2D eigenvalue weighted by Gasteiger charge is 2.45. The number of nitrogens with zero attached hydrogens (tertiary/aromatic N) is 1. The first-order chi connectivity index (χ1) is 24.7. The van der Waals surface area contributed by atoms with Gasteiger partial charge in [0.05, 0.1) is 11.4 Å². The third kappa shape index (κ3) is 4.15. The van der Waals surface area contributed by atoms with Crippen LogP contribution in [0, 0.1) is 0 Å². The normalized spacial score (nSPS) is 15.0. The second-order valence-corrected chi connectivity index (χ2v) is 13.4. The van der Waals surface area contributed by atoms with Crippen LogP contribution in [-0.4, -0.2) is 0 Å². The van der Waals surface area contributed by atoms with Gasteiger partial charge < -0.3 is 9.32 Å². The Morgan fingerprint density at radius 3 is 1.96 bits per heavy atom. The van der Waals surface area contributed by atoms with Crippen molar-refractivity contribution in [2.24, 2.45) is 0 Å². The fourth-order valence-corrected chi connectivity index (χ4v) is 8.41. The molecule has 1 aromatic heterocycles. The molecule has 0 amide bonds. The lowest BCUT2D eigenvalue weighted by atomic mass is 9.73. The van der Waals surface area contributed by atoms with Crippen LogP contribution in [0.5, 0.6) is 0 Å². The van der Waals surface area contributed by atoms with Crippen LogP contribution in [0.15, 0.2) is 186 Å². The van der Waals surface area contributed by atoms with Gasteiger partial charge in [-0.05, 0) is 70.0 Å². The minimum atomic E-state index is -0.421. The Morgan fingerprint density at radius 2 is 1.14 bits per heavy atom. The predicted molar refractivity (Wildman–Crippen MR) is 209 cm³/mol. The zero-order chi connectivity index (χ0) is 33.2. The molecule has 1 aliphatic carbocycles. The van der Waals surface area contributed by atoms with Crippen molar-refractivity contribution >= 4 is 49.8 Å². The summed E-state index contributed by atoms with van der Waals surface area (Å²) in [5.74, 6) is 0. The maximum atomic E-state index is 6.81. The number of furan rings is 1. The van der Waals surface area contributed by atoms with Crippen LogP contribution < -0.4 is 4.90 Å². The van der Waals surface area contributed by atoms with E-state index in [1.165, 1.54) is 55.1 Å². The highest BCUT2D eigenvalue weighted by atomic mass is 16.3. The monoisotopic (exact) mass is 639 g/mol. The number of anilines is 3. The van der Waals surface area contributed by atoms with E-state index in [2.05, 4.69) is 194 Å². The van der Waals surface area contributed by atoms with Crippen molar-refractivity contribution in [2.75, 3.05) is 4.90 Å². The molecule has 2 nitrogen and oxygen atoms in total. The van der Waals surface area contributed by atoms with E-state index in [0.29, 0.717) is 0 Å². The molecule has 0 N–H and O–H groups in total. The maximum absolute atomic E-state index is 6.81. The number of rotatable bonds is 5. The molecule has 0 saturated heterocycles. The molecule has 1 unspecified atom stereocenters. The lowest BCUT2D eigenvalue weighted by molar-refractivity contribution is 0.667. The first-order valence-electron chi connectivity index (χ1n) is 17.3. The van der Waals surface area contributed by atoms with Crippen molar-refractivity contribution < 1.29 is 4.42 Å². The summed E-state index contributed by atoms with van der Waals surface area (Å²) in [4.78, 5) is 2.45.